The van der Waals surface area contributed by atoms with Crippen LogP contribution in [0.15, 0.2) is 6.07 Å². The van der Waals surface area contributed by atoms with E-state index >= 15 is 0 Å². The number of Topliss-reactive ketones (excluding diaryl/α,β-unsaturated/α-hetero) is 1. The fourth-order valence-electron chi connectivity index (χ4n) is 2.72. The van der Waals surface area contributed by atoms with Crippen LogP contribution in [0.1, 0.15) is 34.3 Å². The van der Waals surface area contributed by atoms with E-state index in [0.29, 0.717) is 12.2 Å². The Morgan fingerprint density at radius 2 is 2.00 bits per heavy atom. The molecule has 0 radical (unpaired) electrons. The number of fused-ring (bicyclic) bond motifs is 2. The van der Waals surface area contributed by atoms with Crippen molar-refractivity contribution in [3.63, 3.8) is 0 Å². The summed E-state index contributed by atoms with van der Waals surface area (Å²) in [5.74, 6) is 1.55. The Hall–Kier alpha value is -1.55. The van der Waals surface area contributed by atoms with Crippen molar-refractivity contribution >= 4 is 5.78 Å². The van der Waals surface area contributed by atoms with E-state index in [0.717, 1.165) is 54.9 Å². The number of aryl methyl sites for hydroxylation is 1. The summed E-state index contributed by atoms with van der Waals surface area (Å²) >= 11 is 0. The van der Waals surface area contributed by atoms with Crippen LogP contribution in [0.2, 0.25) is 0 Å². The molecule has 18 heavy (non-hydrogen) atoms. The van der Waals surface area contributed by atoms with E-state index in [1.54, 1.807) is 0 Å². The number of benzene rings is 1. The van der Waals surface area contributed by atoms with Crippen molar-refractivity contribution in [2.24, 2.45) is 5.73 Å². The summed E-state index contributed by atoms with van der Waals surface area (Å²) in [4.78, 5) is 12.1. The fraction of sp³-hybridized carbons (Fsp3) is 0.500. The lowest BCUT2D eigenvalue weighted by molar-refractivity contribution is 0.0994. The van der Waals surface area contributed by atoms with E-state index in [-0.39, 0.29) is 12.3 Å². The van der Waals surface area contributed by atoms with Gasteiger partial charge in [-0.2, -0.15) is 0 Å². The zero-order valence-corrected chi connectivity index (χ0v) is 10.3. The highest BCUT2D eigenvalue weighted by molar-refractivity contribution is 6.02. The van der Waals surface area contributed by atoms with Crippen LogP contribution >= 0.6 is 0 Å². The molecule has 1 aromatic rings. The third-order valence-corrected chi connectivity index (χ3v) is 3.55. The monoisotopic (exact) mass is 247 g/mol. The molecule has 4 heteroatoms. The van der Waals surface area contributed by atoms with Crippen molar-refractivity contribution in [3.05, 3.63) is 22.8 Å². The zero-order chi connectivity index (χ0) is 12.5. The molecule has 0 fully saturated rings. The maximum absolute atomic E-state index is 12.1. The van der Waals surface area contributed by atoms with Crippen LogP contribution in [0.5, 0.6) is 11.5 Å². The lowest BCUT2D eigenvalue weighted by Gasteiger charge is -2.26. The first-order valence-corrected chi connectivity index (χ1v) is 6.49. The molecule has 0 bridgehead atoms. The van der Waals surface area contributed by atoms with Gasteiger partial charge in [-0.15, -0.1) is 0 Å². The Kier molecular flexibility index (Phi) is 2.96. The number of ether oxygens (including phenoxy) is 2. The van der Waals surface area contributed by atoms with Gasteiger partial charge < -0.3 is 15.2 Å². The predicted octanol–water partition coefficient (Wildman–Crippen LogP) is 1.48. The molecule has 4 nitrogen and oxygen atoms in total. The molecule has 0 saturated heterocycles. The molecule has 1 aromatic carbocycles. The first-order valence-electron chi connectivity index (χ1n) is 6.49. The highest BCUT2D eigenvalue weighted by Crippen LogP contribution is 2.39. The first kappa shape index (κ1) is 11.5. The van der Waals surface area contributed by atoms with Gasteiger partial charge in [-0.3, -0.25) is 4.79 Å². The Labute approximate surface area is 106 Å². The van der Waals surface area contributed by atoms with Crippen LogP contribution in [0.3, 0.4) is 0 Å². The second kappa shape index (κ2) is 4.61. The molecular weight excluding hydrogens is 230 g/mol. The van der Waals surface area contributed by atoms with Crippen LogP contribution in [0, 0.1) is 0 Å². The van der Waals surface area contributed by atoms with E-state index in [1.807, 2.05) is 6.07 Å². The second-order valence-corrected chi connectivity index (χ2v) is 4.75. The van der Waals surface area contributed by atoms with Crippen LogP contribution in [-0.2, 0) is 12.8 Å². The second-order valence-electron chi connectivity index (χ2n) is 4.75. The van der Waals surface area contributed by atoms with Gasteiger partial charge in [-0.05, 0) is 37.3 Å². The molecule has 2 heterocycles. The molecule has 2 N–H and O–H groups in total. The van der Waals surface area contributed by atoms with Crippen molar-refractivity contribution < 1.29 is 14.3 Å². The SMILES string of the molecule is NCC(=O)c1c2c(cc3c1OCCC3)OCCC2. The maximum atomic E-state index is 12.1. The van der Waals surface area contributed by atoms with E-state index in [2.05, 4.69) is 0 Å². The zero-order valence-electron chi connectivity index (χ0n) is 10.3. The van der Waals surface area contributed by atoms with Gasteiger partial charge in [0.15, 0.2) is 5.78 Å². The average Bonchev–Trinajstić information content (AvgIpc) is 2.44. The molecule has 0 spiro atoms. The normalized spacial score (nSPS) is 17.2. The Balaban J connectivity index is 2.20. The summed E-state index contributed by atoms with van der Waals surface area (Å²) in [6, 6.07) is 2.04. The number of rotatable bonds is 2. The Morgan fingerprint density at radius 1 is 1.22 bits per heavy atom. The van der Waals surface area contributed by atoms with Gasteiger partial charge in [0.2, 0.25) is 0 Å². The lowest BCUT2D eigenvalue weighted by Crippen LogP contribution is -2.22. The minimum absolute atomic E-state index is 0.0201. The molecule has 0 aromatic heterocycles. The Morgan fingerprint density at radius 3 is 2.83 bits per heavy atom. The van der Waals surface area contributed by atoms with E-state index < -0.39 is 0 Å². The number of nitrogens with two attached hydrogens (primary N) is 1. The van der Waals surface area contributed by atoms with Gasteiger partial charge in [0.05, 0.1) is 25.3 Å². The molecule has 0 atom stereocenters. The Bertz CT molecular complexity index is 462. The summed E-state index contributed by atoms with van der Waals surface area (Å²) in [6.45, 7) is 1.42. The summed E-state index contributed by atoms with van der Waals surface area (Å²) < 4.78 is 11.4. The average molecular weight is 247 g/mol. The summed E-state index contributed by atoms with van der Waals surface area (Å²) in [5.41, 5.74) is 8.26. The lowest BCUT2D eigenvalue weighted by atomic mass is 9.91. The number of hydrogen-bond donors (Lipinski definition) is 1. The van der Waals surface area contributed by atoms with Gasteiger partial charge in [-0.1, -0.05) is 0 Å². The molecule has 2 aliphatic heterocycles. The molecule has 0 amide bonds. The van der Waals surface area contributed by atoms with E-state index in [4.69, 9.17) is 15.2 Å². The molecule has 96 valence electrons. The van der Waals surface area contributed by atoms with Crippen LogP contribution in [0.25, 0.3) is 0 Å². The smallest absolute Gasteiger partial charge is 0.180 e. The first-order chi connectivity index (χ1) is 8.81. The van der Waals surface area contributed by atoms with Crippen molar-refractivity contribution in [3.8, 4) is 11.5 Å². The third-order valence-electron chi connectivity index (χ3n) is 3.55. The maximum Gasteiger partial charge on any atom is 0.180 e. The van der Waals surface area contributed by atoms with E-state index in [9.17, 15) is 4.79 Å². The van der Waals surface area contributed by atoms with Gasteiger partial charge >= 0.3 is 0 Å². The van der Waals surface area contributed by atoms with Crippen molar-refractivity contribution in [2.75, 3.05) is 19.8 Å². The molecule has 0 unspecified atom stereocenters. The highest BCUT2D eigenvalue weighted by atomic mass is 16.5. The third kappa shape index (κ3) is 1.77. The minimum Gasteiger partial charge on any atom is -0.493 e. The topological polar surface area (TPSA) is 61.6 Å². The van der Waals surface area contributed by atoms with Crippen LogP contribution in [0.4, 0.5) is 0 Å². The summed E-state index contributed by atoms with van der Waals surface area (Å²) in [6.07, 6.45) is 3.74. The predicted molar refractivity (Wildman–Crippen MR) is 67.5 cm³/mol. The number of ketones is 1. The number of carbonyl (C=O) groups excluding carboxylic acids is 1. The summed E-state index contributed by atoms with van der Waals surface area (Å²) in [7, 11) is 0. The van der Waals surface area contributed by atoms with Crippen molar-refractivity contribution in [1.29, 1.82) is 0 Å². The fourth-order valence-corrected chi connectivity index (χ4v) is 2.72. The standard InChI is InChI=1S/C14H17NO3/c15-8-11(16)13-10-4-2-5-17-12(10)7-9-3-1-6-18-14(9)13/h7H,1-6,8,15H2. The van der Waals surface area contributed by atoms with Gasteiger partial charge in [0.1, 0.15) is 11.5 Å². The van der Waals surface area contributed by atoms with Crippen LogP contribution in [-0.4, -0.2) is 25.5 Å². The molecule has 3 rings (SSSR count). The molecular formula is C14H17NO3. The number of hydrogen-bond acceptors (Lipinski definition) is 4. The summed E-state index contributed by atoms with van der Waals surface area (Å²) in [5, 5.41) is 0. The van der Waals surface area contributed by atoms with Crippen molar-refractivity contribution in [1.82, 2.24) is 0 Å². The largest absolute Gasteiger partial charge is 0.493 e. The van der Waals surface area contributed by atoms with Crippen LogP contribution < -0.4 is 15.2 Å². The van der Waals surface area contributed by atoms with Crippen molar-refractivity contribution in [2.45, 2.75) is 25.7 Å². The van der Waals surface area contributed by atoms with Gasteiger partial charge in [0, 0.05) is 5.56 Å². The number of carbonyl (C=O) groups is 1. The minimum atomic E-state index is -0.0458. The van der Waals surface area contributed by atoms with Gasteiger partial charge in [-0.25, -0.2) is 0 Å². The van der Waals surface area contributed by atoms with Gasteiger partial charge in [0.25, 0.3) is 0 Å². The van der Waals surface area contributed by atoms with E-state index in [1.165, 1.54) is 0 Å². The molecule has 0 aliphatic carbocycles. The molecule has 0 saturated carbocycles. The quantitative estimate of drug-likeness (QED) is 0.804. The molecule has 2 aliphatic rings. The highest BCUT2D eigenvalue weighted by Gasteiger charge is 2.27.